The van der Waals surface area contributed by atoms with Crippen molar-refractivity contribution in [3.63, 3.8) is 0 Å². The Hall–Kier alpha value is -2.78. The average molecular weight is 542 g/mol. The summed E-state index contributed by atoms with van der Waals surface area (Å²) in [5.74, 6) is 0.867. The molecule has 0 N–H and O–H groups in total. The zero-order valence-corrected chi connectivity index (χ0v) is 21.9. The van der Waals surface area contributed by atoms with E-state index in [1.807, 2.05) is 25.3 Å². The molecule has 1 aromatic carbocycles. The van der Waals surface area contributed by atoms with Gasteiger partial charge in [0.25, 0.3) is 0 Å². The van der Waals surface area contributed by atoms with Crippen LogP contribution in [0.5, 0.6) is 5.88 Å². The molecule has 0 aliphatic carbocycles. The monoisotopic (exact) mass is 541 g/mol. The normalized spacial score (nSPS) is 17.6. The van der Waals surface area contributed by atoms with Crippen LogP contribution in [0.25, 0.3) is 11.0 Å². The van der Waals surface area contributed by atoms with E-state index in [0.29, 0.717) is 34.6 Å². The molecule has 1 atom stereocenters. The fourth-order valence-electron chi connectivity index (χ4n) is 4.82. The number of halogens is 3. The van der Waals surface area contributed by atoms with Crippen LogP contribution in [0, 0.1) is 12.7 Å². The topological polar surface area (TPSA) is 65.3 Å². The van der Waals surface area contributed by atoms with Crippen LogP contribution in [0.2, 0.25) is 10.0 Å². The largest absolute Gasteiger partial charge is 0.472 e. The molecule has 2 aliphatic rings. The smallest absolute Gasteiger partial charge is 0.233 e. The lowest BCUT2D eigenvalue weighted by molar-refractivity contribution is -0.0592. The van der Waals surface area contributed by atoms with Gasteiger partial charge >= 0.3 is 0 Å². The minimum atomic E-state index is -0.423. The molecular formula is C27H26Cl2FN5O2. The van der Waals surface area contributed by atoms with E-state index in [0.717, 1.165) is 66.3 Å². The maximum absolute atomic E-state index is 14.2. The number of benzene rings is 1. The molecule has 0 unspecified atom stereocenters. The Morgan fingerprint density at radius 1 is 1.19 bits per heavy atom. The van der Waals surface area contributed by atoms with E-state index >= 15 is 0 Å². The fraction of sp³-hybridized carbons (Fsp3) is 0.370. The summed E-state index contributed by atoms with van der Waals surface area (Å²) in [6.07, 6.45) is 4.00. The van der Waals surface area contributed by atoms with Crippen LogP contribution in [0.1, 0.15) is 34.8 Å². The Bertz CT molecular complexity index is 1470. The van der Waals surface area contributed by atoms with Crippen molar-refractivity contribution >= 4 is 34.2 Å². The fourth-order valence-corrected chi connectivity index (χ4v) is 5.21. The van der Waals surface area contributed by atoms with E-state index in [4.69, 9.17) is 42.6 Å². The lowest BCUT2D eigenvalue weighted by Crippen LogP contribution is -2.34. The van der Waals surface area contributed by atoms with Gasteiger partial charge in [0, 0.05) is 36.0 Å². The second-order valence-electron chi connectivity index (χ2n) is 9.60. The van der Waals surface area contributed by atoms with E-state index in [1.165, 1.54) is 6.07 Å². The maximum Gasteiger partial charge on any atom is 0.233 e. The Labute approximate surface area is 224 Å². The number of rotatable bonds is 7. The van der Waals surface area contributed by atoms with Gasteiger partial charge in [0.2, 0.25) is 5.88 Å². The highest BCUT2D eigenvalue weighted by Gasteiger charge is 2.25. The second kappa shape index (κ2) is 10.2. The van der Waals surface area contributed by atoms with Crippen LogP contribution in [-0.4, -0.2) is 43.7 Å². The third kappa shape index (κ3) is 5.16. The van der Waals surface area contributed by atoms with Crippen molar-refractivity contribution in [2.75, 3.05) is 13.2 Å². The molecule has 1 saturated heterocycles. The summed E-state index contributed by atoms with van der Waals surface area (Å²) in [6.45, 7) is 5.76. The first kappa shape index (κ1) is 24.6. The number of hydrogen-bond acceptors (Lipinski definition) is 6. The molecular weight excluding hydrogens is 516 g/mol. The number of hydrogen-bond donors (Lipinski definition) is 0. The average Bonchev–Trinajstić information content (AvgIpc) is 3.16. The van der Waals surface area contributed by atoms with Crippen molar-refractivity contribution < 1.29 is 13.9 Å². The lowest BCUT2D eigenvalue weighted by atomic mass is 10.1. The number of aromatic nitrogens is 4. The van der Waals surface area contributed by atoms with Crippen molar-refractivity contribution in [1.29, 1.82) is 0 Å². The van der Waals surface area contributed by atoms with Crippen LogP contribution in [-0.2, 0) is 37.4 Å². The summed E-state index contributed by atoms with van der Waals surface area (Å²) < 4.78 is 27.9. The van der Waals surface area contributed by atoms with Gasteiger partial charge in [0.15, 0.2) is 0 Å². The quantitative estimate of drug-likeness (QED) is 0.307. The van der Waals surface area contributed by atoms with Gasteiger partial charge in [0.1, 0.15) is 23.3 Å². The summed E-state index contributed by atoms with van der Waals surface area (Å²) in [4.78, 5) is 16.5. The van der Waals surface area contributed by atoms with E-state index < -0.39 is 5.82 Å². The van der Waals surface area contributed by atoms with E-state index in [1.54, 1.807) is 12.1 Å². The molecule has 0 spiro atoms. The summed E-state index contributed by atoms with van der Waals surface area (Å²) in [5.41, 5.74) is 5.33. The summed E-state index contributed by atoms with van der Waals surface area (Å²) in [6, 6.07) is 8.43. The van der Waals surface area contributed by atoms with Gasteiger partial charge in [-0.1, -0.05) is 29.3 Å². The zero-order valence-electron chi connectivity index (χ0n) is 20.4. The minimum Gasteiger partial charge on any atom is -0.472 e. The number of pyridine rings is 2. The van der Waals surface area contributed by atoms with Gasteiger partial charge in [0.05, 0.1) is 42.1 Å². The van der Waals surface area contributed by atoms with Crippen LogP contribution in [0.15, 0.2) is 36.5 Å². The second-order valence-corrected chi connectivity index (χ2v) is 10.4. The third-order valence-corrected chi connectivity index (χ3v) is 7.46. The first-order chi connectivity index (χ1) is 17.9. The Morgan fingerprint density at radius 2 is 2.05 bits per heavy atom. The van der Waals surface area contributed by atoms with Crippen LogP contribution in [0.3, 0.4) is 0 Å². The van der Waals surface area contributed by atoms with Gasteiger partial charge in [-0.2, -0.15) is 0 Å². The van der Waals surface area contributed by atoms with Crippen molar-refractivity contribution in [3.8, 4) is 5.88 Å². The molecule has 10 heteroatoms. The van der Waals surface area contributed by atoms with Crippen molar-refractivity contribution in [2.24, 2.45) is 0 Å². The summed E-state index contributed by atoms with van der Waals surface area (Å²) in [5, 5.41) is 0.762. The number of ether oxygens (including phenoxy) is 2. The molecule has 0 bridgehead atoms. The molecule has 2 aliphatic heterocycles. The van der Waals surface area contributed by atoms with Gasteiger partial charge < -0.3 is 14.0 Å². The van der Waals surface area contributed by atoms with E-state index in [-0.39, 0.29) is 12.7 Å². The number of nitrogens with zero attached hydrogens (tertiary/aromatic N) is 5. The summed E-state index contributed by atoms with van der Waals surface area (Å²) in [7, 11) is 0. The van der Waals surface area contributed by atoms with Crippen LogP contribution >= 0.6 is 23.2 Å². The number of fused-ring (bicyclic) bond motifs is 2. The summed E-state index contributed by atoms with van der Waals surface area (Å²) >= 11 is 12.3. The highest BCUT2D eigenvalue weighted by molar-refractivity contribution is 6.32. The maximum atomic E-state index is 14.2. The van der Waals surface area contributed by atoms with Crippen molar-refractivity contribution in [1.82, 2.24) is 24.4 Å². The third-order valence-electron chi connectivity index (χ3n) is 6.96. The number of aryl methyl sites for hydroxylation is 1. The zero-order chi connectivity index (χ0) is 25.5. The first-order valence-corrected chi connectivity index (χ1v) is 13.1. The predicted octanol–water partition coefficient (Wildman–Crippen LogP) is 5.51. The molecule has 7 nitrogen and oxygen atoms in total. The minimum absolute atomic E-state index is 0.0128. The Kier molecular flexibility index (Phi) is 6.75. The van der Waals surface area contributed by atoms with Crippen molar-refractivity contribution in [2.45, 2.75) is 52.1 Å². The SMILES string of the molecule is Cc1cc2nc(CN3CCc4cc(Cl)c(OCc5ccc(Cl)cc5F)nc4C3)n(C[C@@H]3CCO3)c2cn1. The van der Waals surface area contributed by atoms with Crippen molar-refractivity contribution in [3.05, 3.63) is 80.7 Å². The predicted molar refractivity (Wildman–Crippen MR) is 139 cm³/mol. The van der Waals surface area contributed by atoms with Gasteiger partial charge in [-0.3, -0.25) is 9.88 Å². The van der Waals surface area contributed by atoms with Crippen LogP contribution in [0.4, 0.5) is 4.39 Å². The molecule has 0 radical (unpaired) electrons. The van der Waals surface area contributed by atoms with E-state index in [9.17, 15) is 4.39 Å². The van der Waals surface area contributed by atoms with Gasteiger partial charge in [-0.25, -0.2) is 14.4 Å². The first-order valence-electron chi connectivity index (χ1n) is 12.3. The molecule has 6 rings (SSSR count). The van der Waals surface area contributed by atoms with E-state index in [2.05, 4.69) is 14.5 Å². The number of imidazole rings is 1. The standard InChI is InChI=1S/C27H26Cl2FN5O2/c1-16-8-23-25(11-31-16)35(12-20-5-7-36-20)26(32-23)14-34-6-4-17-9-21(29)27(33-24(17)13-34)37-15-18-2-3-19(28)10-22(18)30/h2-3,8-11,20H,4-7,12-15H2,1H3/t20-/m0/s1. The van der Waals surface area contributed by atoms with Crippen LogP contribution < -0.4 is 4.74 Å². The molecule has 5 heterocycles. The highest BCUT2D eigenvalue weighted by Crippen LogP contribution is 2.30. The Morgan fingerprint density at radius 3 is 2.84 bits per heavy atom. The molecule has 3 aromatic heterocycles. The molecule has 37 heavy (non-hydrogen) atoms. The highest BCUT2D eigenvalue weighted by atomic mass is 35.5. The molecule has 4 aromatic rings. The van der Waals surface area contributed by atoms with Gasteiger partial charge in [-0.05, 0) is 49.6 Å². The molecule has 0 amide bonds. The van der Waals surface area contributed by atoms with Gasteiger partial charge in [-0.15, -0.1) is 0 Å². The molecule has 1 fully saturated rings. The molecule has 0 saturated carbocycles. The lowest BCUT2D eigenvalue weighted by Gasteiger charge is -2.30. The Balaban J connectivity index is 1.21. The molecule has 192 valence electrons.